The number of methoxy groups -OCH3 is 1. The van der Waals surface area contributed by atoms with Crippen molar-refractivity contribution in [1.82, 2.24) is 45.4 Å². The summed E-state index contributed by atoms with van der Waals surface area (Å²) in [5.74, 6) is -1.50. The molecular formula is C45H69N9O6S5. The average molecular weight is 992 g/mol. The molecular weight excluding hydrogens is 923 g/mol. The Morgan fingerprint density at radius 2 is 1.80 bits per heavy atom. The van der Waals surface area contributed by atoms with Crippen LogP contribution in [0.15, 0.2) is 41.9 Å². The number of rotatable bonds is 8. The molecule has 3 aliphatic heterocycles. The van der Waals surface area contributed by atoms with Gasteiger partial charge in [-0.25, -0.2) is 15.2 Å². The molecule has 15 nitrogen and oxygen atoms in total. The Hall–Kier alpha value is -3.50. The van der Waals surface area contributed by atoms with Crippen molar-refractivity contribution >= 4 is 100 Å². The number of urea groups is 1. The van der Waals surface area contributed by atoms with Crippen molar-refractivity contribution in [2.75, 3.05) is 53.5 Å². The van der Waals surface area contributed by atoms with Gasteiger partial charge in [0.05, 0.1) is 34.8 Å². The summed E-state index contributed by atoms with van der Waals surface area (Å²) < 4.78 is 14.2. The largest absolute Gasteiger partial charge is 0.464 e. The fourth-order valence-electron chi connectivity index (χ4n) is 8.95. The first-order chi connectivity index (χ1) is 29.2. The summed E-state index contributed by atoms with van der Waals surface area (Å²) in [7, 11) is 3.34. The second-order valence-corrected chi connectivity index (χ2v) is 18.5. The highest BCUT2D eigenvalue weighted by Crippen LogP contribution is 2.42. The number of ether oxygens (including phenoxy) is 2. The van der Waals surface area contributed by atoms with Gasteiger partial charge in [-0.05, 0) is 68.9 Å². The van der Waals surface area contributed by atoms with Crippen LogP contribution in [0.25, 0.3) is 33.4 Å². The molecule has 7 rings (SSSR count). The fraction of sp³-hybridized carbons (Fsp3) is 0.556. The van der Waals surface area contributed by atoms with Crippen LogP contribution in [-0.4, -0.2) is 125 Å². The lowest BCUT2D eigenvalue weighted by atomic mass is 9.84. The summed E-state index contributed by atoms with van der Waals surface area (Å²) in [6.45, 7) is 15.8. The minimum atomic E-state index is -1.03. The van der Waals surface area contributed by atoms with Gasteiger partial charge in [0.25, 0.3) is 5.91 Å². The zero-order valence-electron chi connectivity index (χ0n) is 38.7. The molecule has 3 N–H and O–H groups in total. The average Bonchev–Trinajstić information content (AvgIpc) is 3.85. The van der Waals surface area contributed by atoms with Crippen LogP contribution in [0.5, 0.6) is 0 Å². The van der Waals surface area contributed by atoms with E-state index in [2.05, 4.69) is 65.7 Å². The molecule has 4 aromatic rings. The number of carbonyl (C=O) groups excluding carboxylic acids is 4. The van der Waals surface area contributed by atoms with Gasteiger partial charge in [0.2, 0.25) is 5.91 Å². The van der Waals surface area contributed by atoms with Crippen molar-refractivity contribution in [2.24, 2.45) is 11.3 Å². The molecule has 0 aliphatic carbocycles. The minimum absolute atomic E-state index is 0. The second kappa shape index (κ2) is 24.0. The number of benzene rings is 1. The van der Waals surface area contributed by atoms with E-state index >= 15 is 0 Å². The number of aryl methyl sites for hydroxylation is 1. The van der Waals surface area contributed by atoms with Crippen LogP contribution < -0.4 is 16.1 Å². The molecule has 0 saturated carbocycles. The predicted molar refractivity (Wildman–Crippen MR) is 277 cm³/mol. The summed E-state index contributed by atoms with van der Waals surface area (Å²) in [4.78, 5) is 69.4. The summed E-state index contributed by atoms with van der Waals surface area (Å²) >= 11 is 1.43. The molecule has 3 aliphatic rings. The number of carbonyl (C=O) groups is 4. The second-order valence-electron chi connectivity index (χ2n) is 17.6. The Balaban J connectivity index is 0.00000281. The zero-order valence-corrected chi connectivity index (χ0v) is 43.6. The van der Waals surface area contributed by atoms with Gasteiger partial charge in [-0.3, -0.25) is 24.4 Å². The summed E-state index contributed by atoms with van der Waals surface area (Å²) in [6, 6.07) is 7.60. The van der Waals surface area contributed by atoms with E-state index < -0.39 is 35.4 Å². The lowest BCUT2D eigenvalue weighted by Gasteiger charge is -2.38. The van der Waals surface area contributed by atoms with Crippen molar-refractivity contribution in [3.63, 3.8) is 0 Å². The number of nitrogens with zero attached hydrogens (tertiary/aromatic N) is 6. The molecule has 20 heteroatoms. The van der Waals surface area contributed by atoms with Crippen LogP contribution in [0.4, 0.5) is 4.79 Å². The maximum atomic E-state index is 14.5. The molecule has 6 bridgehead atoms. The number of hydrogen-bond donors (Lipinski definition) is 3. The van der Waals surface area contributed by atoms with Crippen molar-refractivity contribution in [2.45, 2.75) is 98.0 Å². The number of hydrazine groups is 1. The van der Waals surface area contributed by atoms with E-state index in [9.17, 15) is 19.2 Å². The molecule has 4 amide bonds. The van der Waals surface area contributed by atoms with Crippen LogP contribution >= 0.6 is 65.3 Å². The minimum Gasteiger partial charge on any atom is -0.464 e. The molecule has 2 fully saturated rings. The number of amides is 4. The molecule has 4 atom stereocenters. The third-order valence-corrected chi connectivity index (χ3v) is 13.0. The van der Waals surface area contributed by atoms with E-state index in [0.29, 0.717) is 63.5 Å². The third-order valence-electron chi connectivity index (χ3n) is 12.2. The van der Waals surface area contributed by atoms with Gasteiger partial charge in [-0.2, -0.15) is 54.0 Å². The molecule has 2 saturated heterocycles. The van der Waals surface area contributed by atoms with E-state index in [1.54, 1.807) is 25.3 Å². The Kier molecular flexibility index (Phi) is 20.6. The highest BCUT2D eigenvalue weighted by molar-refractivity contribution is 7.59. The molecule has 0 spiro atoms. The highest BCUT2D eigenvalue weighted by atomic mass is 32.1. The van der Waals surface area contributed by atoms with E-state index in [4.69, 9.17) is 19.4 Å². The summed E-state index contributed by atoms with van der Waals surface area (Å²) in [6.07, 6.45) is 3.31. The van der Waals surface area contributed by atoms with Gasteiger partial charge in [0.1, 0.15) is 18.1 Å². The number of likely N-dealkylation sites (N-methyl/N-ethyl adjacent to an activating group) is 1. The van der Waals surface area contributed by atoms with Crippen molar-refractivity contribution < 1.29 is 28.7 Å². The third kappa shape index (κ3) is 12.2. The maximum Gasteiger partial charge on any atom is 0.324 e. The van der Waals surface area contributed by atoms with E-state index in [1.165, 1.54) is 21.2 Å². The van der Waals surface area contributed by atoms with Gasteiger partial charge in [-0.15, -0.1) is 11.3 Å². The van der Waals surface area contributed by atoms with E-state index in [0.717, 1.165) is 44.7 Å². The lowest BCUT2D eigenvalue weighted by molar-refractivity contribution is -0.155. The smallest absolute Gasteiger partial charge is 0.324 e. The number of esters is 1. The quantitative estimate of drug-likeness (QED) is 0.189. The molecule has 360 valence electrons. The van der Waals surface area contributed by atoms with Gasteiger partial charge in [0, 0.05) is 98.9 Å². The van der Waals surface area contributed by atoms with Crippen molar-refractivity contribution in [3.8, 4) is 22.5 Å². The number of fused-ring (bicyclic) bond motifs is 6. The van der Waals surface area contributed by atoms with E-state index in [-0.39, 0.29) is 91.0 Å². The topological polar surface area (TPSA) is 163 Å². The molecule has 3 aromatic heterocycles. The molecule has 1 aromatic carbocycles. The predicted octanol–water partition coefficient (Wildman–Crippen LogP) is 5.64. The van der Waals surface area contributed by atoms with Crippen LogP contribution in [0, 0.1) is 11.3 Å². The lowest BCUT2D eigenvalue weighted by Crippen LogP contribution is -2.62. The fourth-order valence-corrected chi connectivity index (χ4v) is 9.80. The summed E-state index contributed by atoms with van der Waals surface area (Å²) in [5, 5.41) is 11.5. The summed E-state index contributed by atoms with van der Waals surface area (Å²) in [5.41, 5.74) is 9.39. The highest BCUT2D eigenvalue weighted by Gasteiger charge is 2.39. The first-order valence-corrected chi connectivity index (χ1v) is 22.4. The van der Waals surface area contributed by atoms with Gasteiger partial charge in [0.15, 0.2) is 0 Å². The Labute approximate surface area is 415 Å². The van der Waals surface area contributed by atoms with Gasteiger partial charge >= 0.3 is 12.0 Å². The number of cyclic esters (lactones) is 1. The first-order valence-electron chi connectivity index (χ1n) is 21.6. The maximum absolute atomic E-state index is 14.5. The Morgan fingerprint density at radius 1 is 1.08 bits per heavy atom. The number of hydrogen-bond acceptors (Lipinski definition) is 11. The monoisotopic (exact) mass is 991 g/mol. The van der Waals surface area contributed by atoms with Crippen LogP contribution in [0.1, 0.15) is 76.8 Å². The molecule has 0 unspecified atom stereocenters. The van der Waals surface area contributed by atoms with Crippen LogP contribution in [0.3, 0.4) is 0 Å². The van der Waals surface area contributed by atoms with Gasteiger partial charge < -0.3 is 34.5 Å². The van der Waals surface area contributed by atoms with Crippen molar-refractivity contribution in [1.29, 1.82) is 0 Å². The molecule has 0 radical (unpaired) electrons. The normalized spacial score (nSPS) is 19.6. The standard InChI is InChI=1S/C45H61N9O6S.4H2S/c1-9-53-36-15-14-29-22-31(36)32(40(53)30-12-10-16-47-38(30)28(4)59-8)24-45(5,6)26-60-43(57)33-13-11-19-54(50-33)42(56)34(23-37-48-35(29)25-61-37)49-41(55)39(27(2)3)51(7)44(58)52-20-17-46-18-21-52;;;;/h10,12,14-16,22,25,27-28,33-34,39,46,50H,9,11,13,17-21,23-24,26H2,1-8H3,(H,49,55);4*1H2/t28-,33-,34-,39-;;;;/m0..../s1. The SMILES string of the molecule is CCn1c(-c2cccnc2[C@H](C)OC)c2c3cc(ccc31)-c1csc(n1)C[C@H](NC(=O)[C@H](C(C)C)N(C)C(=O)N1CCNCC1)C(=O)N1CCC[C@H](N1)C(=O)OCC(C)(C)C2.S.S.S.S. The van der Waals surface area contributed by atoms with Crippen molar-refractivity contribution in [3.05, 3.63) is 58.2 Å². The zero-order chi connectivity index (χ0) is 43.6. The number of thiazole rings is 1. The molecule has 6 heterocycles. The first kappa shape index (κ1) is 55.8. The number of piperazine rings is 1. The van der Waals surface area contributed by atoms with Crippen LogP contribution in [-0.2, 0) is 43.2 Å². The number of nitrogens with one attached hydrogen (secondary N) is 3. The van der Waals surface area contributed by atoms with Crippen LogP contribution in [0.2, 0.25) is 0 Å². The Bertz CT molecular complexity index is 2270. The van der Waals surface area contributed by atoms with E-state index in [1.807, 2.05) is 32.2 Å². The number of aromatic nitrogens is 3. The molecule has 65 heavy (non-hydrogen) atoms. The van der Waals surface area contributed by atoms with Gasteiger partial charge in [-0.1, -0.05) is 33.8 Å². The Morgan fingerprint density at radius 3 is 2.48 bits per heavy atom. The number of pyridine rings is 1.